The highest BCUT2D eigenvalue weighted by molar-refractivity contribution is 6.00. The number of para-hydroxylation sites is 1. The van der Waals surface area contributed by atoms with E-state index in [1.807, 2.05) is 30.3 Å². The lowest BCUT2D eigenvalue weighted by Gasteiger charge is -2.32. The van der Waals surface area contributed by atoms with Crippen LogP contribution in [0.15, 0.2) is 109 Å². The maximum Gasteiger partial charge on any atom is 0.416 e. The minimum atomic E-state index is -4.40. The largest absolute Gasteiger partial charge is 0.416 e. The van der Waals surface area contributed by atoms with E-state index in [0.29, 0.717) is 61.2 Å². The van der Waals surface area contributed by atoms with Gasteiger partial charge in [-0.05, 0) is 98.4 Å². The molecule has 0 heterocycles. The van der Waals surface area contributed by atoms with E-state index in [2.05, 4.69) is 25.3 Å². The first-order valence-electron chi connectivity index (χ1n) is 17.3. The number of ketones is 1. The fourth-order valence-corrected chi connectivity index (χ4v) is 5.92. The Kier molecular flexibility index (Phi) is 16.2. The van der Waals surface area contributed by atoms with E-state index in [4.69, 9.17) is 0 Å². The molecule has 0 bridgehead atoms. The van der Waals surface area contributed by atoms with E-state index >= 15 is 0 Å². The van der Waals surface area contributed by atoms with Crippen molar-refractivity contribution in [2.24, 2.45) is 0 Å². The van der Waals surface area contributed by atoms with Gasteiger partial charge in [0.1, 0.15) is 12.4 Å². The van der Waals surface area contributed by atoms with Gasteiger partial charge in [0.15, 0.2) is 5.78 Å². The Labute approximate surface area is 304 Å². The molecule has 0 radical (unpaired) electrons. The number of aryl methyl sites for hydroxylation is 1. The van der Waals surface area contributed by atoms with Crippen LogP contribution in [0.25, 0.3) is 11.1 Å². The van der Waals surface area contributed by atoms with Gasteiger partial charge in [-0.25, -0.2) is 4.39 Å². The number of amides is 1. The molecule has 5 nitrogen and oxygen atoms in total. The van der Waals surface area contributed by atoms with Crippen molar-refractivity contribution in [3.8, 4) is 11.1 Å². The second-order valence-corrected chi connectivity index (χ2v) is 12.3. The van der Waals surface area contributed by atoms with Gasteiger partial charge in [0.2, 0.25) is 5.91 Å². The highest BCUT2D eigenvalue weighted by Crippen LogP contribution is 2.31. The number of hydrogen-bond donors (Lipinski definition) is 0. The summed E-state index contributed by atoms with van der Waals surface area (Å²) in [6.45, 7) is 13.3. The Hall–Kier alpha value is -4.83. The van der Waals surface area contributed by atoms with E-state index in [-0.39, 0.29) is 24.1 Å². The molecule has 4 aromatic rings. The summed E-state index contributed by atoms with van der Waals surface area (Å²) in [5.74, 6) is -0.623. The molecule has 0 aliphatic carbocycles. The molecule has 0 saturated carbocycles. The van der Waals surface area contributed by atoms with Crippen LogP contribution in [0.4, 0.5) is 27.6 Å². The van der Waals surface area contributed by atoms with Crippen LogP contribution >= 0.6 is 0 Å². The van der Waals surface area contributed by atoms with Gasteiger partial charge >= 0.3 is 6.18 Å². The van der Waals surface area contributed by atoms with Crippen molar-refractivity contribution in [1.82, 2.24) is 9.80 Å². The highest BCUT2D eigenvalue weighted by Gasteiger charge is 2.30. The number of alkyl halides is 4. The first-order chi connectivity index (χ1) is 24.9. The van der Waals surface area contributed by atoms with Gasteiger partial charge in [-0.15, -0.1) is 0 Å². The van der Waals surface area contributed by atoms with E-state index in [0.717, 1.165) is 49.3 Å². The van der Waals surface area contributed by atoms with Crippen LogP contribution < -0.4 is 4.90 Å². The van der Waals surface area contributed by atoms with Crippen molar-refractivity contribution in [3.05, 3.63) is 137 Å². The van der Waals surface area contributed by atoms with Gasteiger partial charge in [0.25, 0.3) is 0 Å². The van der Waals surface area contributed by atoms with Gasteiger partial charge in [-0.1, -0.05) is 87.2 Å². The second-order valence-electron chi connectivity index (χ2n) is 12.3. The quantitative estimate of drug-likeness (QED) is 0.0805. The summed E-state index contributed by atoms with van der Waals surface area (Å²) >= 11 is 0. The zero-order valence-corrected chi connectivity index (χ0v) is 30.4. The lowest BCUT2D eigenvalue weighted by molar-refractivity contribution is -0.137. The molecule has 0 fully saturated rings. The number of carbonyl (C=O) groups is 2. The van der Waals surface area contributed by atoms with Crippen molar-refractivity contribution < 1.29 is 31.5 Å². The van der Waals surface area contributed by atoms with Crippen LogP contribution in [-0.4, -0.2) is 61.4 Å². The van der Waals surface area contributed by atoms with Crippen LogP contribution in [0.5, 0.6) is 0 Å². The predicted octanol–water partition coefficient (Wildman–Crippen LogP) is 10.0. The second kappa shape index (κ2) is 20.3. The van der Waals surface area contributed by atoms with E-state index in [9.17, 15) is 31.5 Å². The molecule has 0 unspecified atom stereocenters. The third-order valence-electron chi connectivity index (χ3n) is 8.91. The first kappa shape index (κ1) is 41.6. The normalized spacial score (nSPS) is 11.1. The minimum Gasteiger partial charge on any atom is -0.337 e. The van der Waals surface area contributed by atoms with Crippen molar-refractivity contribution in [2.45, 2.75) is 52.8 Å². The van der Waals surface area contributed by atoms with Gasteiger partial charge < -0.3 is 14.7 Å². The summed E-state index contributed by atoms with van der Waals surface area (Å²) in [6, 6.07) is 26.1. The van der Waals surface area contributed by atoms with Crippen LogP contribution in [0.1, 0.15) is 60.7 Å². The minimum absolute atomic E-state index is 0.0741. The molecule has 278 valence electrons. The van der Waals surface area contributed by atoms with Gasteiger partial charge in [0.05, 0.1) is 18.4 Å². The third-order valence-corrected chi connectivity index (χ3v) is 8.91. The average Bonchev–Trinajstić information content (AvgIpc) is 3.15. The van der Waals surface area contributed by atoms with E-state index in [1.165, 1.54) is 25.1 Å². The molecule has 0 spiro atoms. The number of anilines is 1. The summed E-state index contributed by atoms with van der Waals surface area (Å²) < 4.78 is 63.2. The highest BCUT2D eigenvalue weighted by atomic mass is 19.4. The molecule has 0 aliphatic heterocycles. The molecule has 0 aliphatic rings. The average molecular weight is 722 g/mol. The molecule has 52 heavy (non-hydrogen) atoms. The van der Waals surface area contributed by atoms with E-state index in [1.54, 1.807) is 46.2 Å². The molecule has 4 aromatic carbocycles. The van der Waals surface area contributed by atoms with Crippen LogP contribution in [0, 0.1) is 5.82 Å². The maximum absolute atomic E-state index is 14.5. The lowest BCUT2D eigenvalue weighted by Crippen LogP contribution is -2.41. The standard InChI is InChI=1S/C41H45F4N3O2.CH3F/c1-5-46(6-2)26-11-27-47(28-32-17-20-33(21-18-32)34-22-24-36(25-23-34)41(43,44)45)40(50)29-48(39-15-10-8-13-37(39)31(4)49)30(3)16-19-35-12-7-9-14-38(35)42;1-2/h7-10,12-15,17-18,20-25H,3,5-6,11,16,19,26-29H2,1-2,4H3;1H3. The fraction of sp³-hybridized carbons (Fsp3) is 0.333. The van der Waals surface area contributed by atoms with Crippen LogP contribution in [0.2, 0.25) is 0 Å². The summed E-state index contributed by atoms with van der Waals surface area (Å²) in [4.78, 5) is 32.8. The Morgan fingerprint density at radius 1 is 0.769 bits per heavy atom. The van der Waals surface area contributed by atoms with Crippen molar-refractivity contribution in [1.29, 1.82) is 0 Å². The Morgan fingerprint density at radius 3 is 1.92 bits per heavy atom. The Bertz CT molecular complexity index is 1740. The molecule has 4 rings (SSSR count). The number of halogens is 5. The topological polar surface area (TPSA) is 43.9 Å². The number of benzene rings is 4. The molecule has 0 N–H and O–H groups in total. The number of rotatable bonds is 17. The molecular formula is C42H48F5N3O2. The summed E-state index contributed by atoms with van der Waals surface area (Å²) in [7, 11) is 0.500. The Morgan fingerprint density at radius 2 is 1.35 bits per heavy atom. The molecule has 10 heteroatoms. The summed E-state index contributed by atoms with van der Waals surface area (Å²) in [5.41, 5.74) is 3.73. The number of Topliss-reactive ketones (excluding diaryl/α,β-unsaturated/α-hetero) is 1. The molecule has 0 aromatic heterocycles. The summed E-state index contributed by atoms with van der Waals surface area (Å²) in [6.07, 6.45) is -2.92. The Balaban J connectivity index is 0.00000358. The zero-order valence-electron chi connectivity index (χ0n) is 30.4. The number of carbonyl (C=O) groups excluding carboxylic acids is 2. The van der Waals surface area contributed by atoms with Crippen molar-refractivity contribution in [3.63, 3.8) is 0 Å². The summed E-state index contributed by atoms with van der Waals surface area (Å²) in [5, 5.41) is 0. The lowest BCUT2D eigenvalue weighted by atomic mass is 10.0. The van der Waals surface area contributed by atoms with Gasteiger partial charge in [-0.3, -0.25) is 14.0 Å². The van der Waals surface area contributed by atoms with Gasteiger partial charge in [0, 0.05) is 24.4 Å². The monoisotopic (exact) mass is 721 g/mol. The zero-order chi connectivity index (χ0) is 38.3. The molecule has 0 saturated heterocycles. The number of hydrogen-bond acceptors (Lipinski definition) is 4. The first-order valence-corrected chi connectivity index (χ1v) is 17.3. The molecule has 1 amide bonds. The molecular weight excluding hydrogens is 673 g/mol. The third kappa shape index (κ3) is 11.9. The van der Waals surface area contributed by atoms with Crippen LogP contribution in [0.3, 0.4) is 0 Å². The number of nitrogens with zero attached hydrogens (tertiary/aromatic N) is 3. The van der Waals surface area contributed by atoms with E-state index < -0.39 is 11.7 Å². The number of allylic oxidation sites excluding steroid dienone is 1. The fourth-order valence-electron chi connectivity index (χ4n) is 5.92. The SMILES string of the molecule is C=C(CCc1ccccc1F)N(CC(=O)N(CCCN(CC)CC)Cc1ccc(-c2ccc(C(F)(F)F)cc2)cc1)c1ccccc1C(C)=O.CF. The smallest absolute Gasteiger partial charge is 0.337 e. The van der Waals surface area contributed by atoms with Crippen molar-refractivity contribution in [2.75, 3.05) is 44.8 Å². The predicted molar refractivity (Wildman–Crippen MR) is 199 cm³/mol. The van der Waals surface area contributed by atoms with Crippen LogP contribution in [-0.2, 0) is 23.9 Å². The van der Waals surface area contributed by atoms with Crippen molar-refractivity contribution >= 4 is 17.4 Å². The van der Waals surface area contributed by atoms with Gasteiger partial charge in [-0.2, -0.15) is 13.2 Å². The maximum atomic E-state index is 14.5. The molecule has 0 atom stereocenters.